The van der Waals surface area contributed by atoms with Crippen LogP contribution >= 0.6 is 34.8 Å². The number of alkyl halides is 3. The van der Waals surface area contributed by atoms with Gasteiger partial charge in [0.1, 0.15) is 17.4 Å². The minimum Gasteiger partial charge on any atom is -0.460 e. The lowest BCUT2D eigenvalue weighted by molar-refractivity contribution is -0.127. The molecule has 7 heteroatoms. The summed E-state index contributed by atoms with van der Waals surface area (Å²) in [4.78, 5) is 26.2. The lowest BCUT2D eigenvalue weighted by Gasteiger charge is -2.43. The number of halogens is 3. The summed E-state index contributed by atoms with van der Waals surface area (Å²) in [5.74, 6) is -1.12. The van der Waals surface area contributed by atoms with Gasteiger partial charge in [-0.2, -0.15) is 0 Å². The SMILES string of the molecule is O=C1OC2(c3ccccc3OC3=CC=C(C(Cl)(Cl)Cl)C(=O)C32)c2ccccc21. The van der Waals surface area contributed by atoms with Crippen molar-refractivity contribution < 1.29 is 19.1 Å². The molecule has 0 saturated heterocycles. The molecule has 1 spiro atoms. The zero-order valence-electron chi connectivity index (χ0n) is 14.1. The lowest BCUT2D eigenvalue weighted by Crippen LogP contribution is -2.48. The summed E-state index contributed by atoms with van der Waals surface area (Å²) >= 11 is 18.1. The second kappa shape index (κ2) is 5.86. The van der Waals surface area contributed by atoms with Crippen LogP contribution in [-0.2, 0) is 15.1 Å². The smallest absolute Gasteiger partial charge is 0.339 e. The molecular formula is C21H11Cl3O4. The Balaban J connectivity index is 1.83. The van der Waals surface area contributed by atoms with E-state index in [1.165, 1.54) is 6.08 Å². The Kier molecular flexibility index (Phi) is 3.73. The Morgan fingerprint density at radius 1 is 0.893 bits per heavy atom. The molecule has 140 valence electrons. The van der Waals surface area contributed by atoms with Gasteiger partial charge in [-0.05, 0) is 24.3 Å². The molecule has 5 rings (SSSR count). The van der Waals surface area contributed by atoms with E-state index in [9.17, 15) is 9.59 Å². The van der Waals surface area contributed by atoms with E-state index in [0.717, 1.165) is 0 Å². The van der Waals surface area contributed by atoms with Gasteiger partial charge in [-0.15, -0.1) is 0 Å². The number of fused-ring (bicyclic) bond motifs is 6. The number of para-hydroxylation sites is 1. The Bertz CT molecular complexity index is 1110. The minimum absolute atomic E-state index is 0.00552. The van der Waals surface area contributed by atoms with Gasteiger partial charge in [0.25, 0.3) is 0 Å². The predicted octanol–water partition coefficient (Wildman–Crippen LogP) is 4.87. The third-order valence-corrected chi connectivity index (χ3v) is 5.86. The summed E-state index contributed by atoms with van der Waals surface area (Å²) in [6.45, 7) is 0. The van der Waals surface area contributed by atoms with E-state index in [1.807, 2.05) is 6.07 Å². The first kappa shape index (κ1) is 17.8. The third kappa shape index (κ3) is 2.26. The number of ether oxygens (including phenoxy) is 2. The quantitative estimate of drug-likeness (QED) is 0.439. The van der Waals surface area contributed by atoms with E-state index in [1.54, 1.807) is 48.5 Å². The number of carbonyl (C=O) groups excluding carboxylic acids is 2. The number of benzene rings is 2. The number of Topliss-reactive ketones (excluding diaryl/α,β-unsaturated/α-hetero) is 1. The van der Waals surface area contributed by atoms with Crippen molar-refractivity contribution >= 4 is 46.6 Å². The predicted molar refractivity (Wildman–Crippen MR) is 105 cm³/mol. The van der Waals surface area contributed by atoms with Gasteiger partial charge < -0.3 is 9.47 Å². The highest BCUT2D eigenvalue weighted by Crippen LogP contribution is 2.57. The summed E-state index contributed by atoms with van der Waals surface area (Å²) < 4.78 is 10.0. The van der Waals surface area contributed by atoms with Crippen molar-refractivity contribution in [1.82, 2.24) is 0 Å². The summed E-state index contributed by atoms with van der Waals surface area (Å²) in [6, 6.07) is 14.1. The highest BCUT2D eigenvalue weighted by Gasteiger charge is 2.62. The van der Waals surface area contributed by atoms with Crippen LogP contribution in [0, 0.1) is 5.92 Å². The van der Waals surface area contributed by atoms with Crippen LogP contribution in [0.4, 0.5) is 0 Å². The number of rotatable bonds is 0. The fourth-order valence-electron chi connectivity index (χ4n) is 4.14. The van der Waals surface area contributed by atoms with E-state index < -0.39 is 27.1 Å². The Morgan fingerprint density at radius 2 is 1.57 bits per heavy atom. The molecule has 0 saturated carbocycles. The molecule has 2 aliphatic heterocycles. The molecule has 1 aliphatic carbocycles. The van der Waals surface area contributed by atoms with Gasteiger partial charge in [0, 0.05) is 16.7 Å². The Hall–Kier alpha value is -2.27. The summed E-state index contributed by atoms with van der Waals surface area (Å²) in [5.41, 5.74) is 0.172. The molecular weight excluding hydrogens is 423 g/mol. The van der Waals surface area contributed by atoms with Gasteiger partial charge in [0.05, 0.1) is 5.56 Å². The largest absolute Gasteiger partial charge is 0.460 e. The van der Waals surface area contributed by atoms with Gasteiger partial charge in [-0.25, -0.2) is 4.79 Å². The number of ketones is 1. The van der Waals surface area contributed by atoms with Crippen molar-refractivity contribution in [1.29, 1.82) is 0 Å². The minimum atomic E-state index is -1.92. The van der Waals surface area contributed by atoms with E-state index >= 15 is 0 Å². The summed E-state index contributed by atoms with van der Waals surface area (Å²) in [6.07, 6.45) is 3.03. The van der Waals surface area contributed by atoms with Crippen LogP contribution in [-0.4, -0.2) is 15.5 Å². The van der Waals surface area contributed by atoms with Crippen molar-refractivity contribution in [3.05, 3.63) is 88.7 Å². The monoisotopic (exact) mass is 432 g/mol. The molecule has 0 aromatic heterocycles. The van der Waals surface area contributed by atoms with Crippen LogP contribution < -0.4 is 4.74 Å². The molecule has 2 unspecified atom stereocenters. The lowest BCUT2D eigenvalue weighted by atomic mass is 9.69. The number of hydrogen-bond donors (Lipinski definition) is 0. The second-order valence-electron chi connectivity index (χ2n) is 6.71. The molecule has 0 amide bonds. The van der Waals surface area contributed by atoms with Gasteiger partial charge in [0.15, 0.2) is 11.4 Å². The molecule has 4 nitrogen and oxygen atoms in total. The topological polar surface area (TPSA) is 52.6 Å². The molecule has 2 aromatic rings. The van der Waals surface area contributed by atoms with Crippen LogP contribution in [0.5, 0.6) is 5.75 Å². The molecule has 0 bridgehead atoms. The van der Waals surface area contributed by atoms with E-state index in [4.69, 9.17) is 44.3 Å². The highest BCUT2D eigenvalue weighted by molar-refractivity contribution is 6.71. The first-order valence-corrected chi connectivity index (χ1v) is 9.61. The molecule has 2 aromatic carbocycles. The maximum absolute atomic E-state index is 13.5. The van der Waals surface area contributed by atoms with Gasteiger partial charge >= 0.3 is 5.97 Å². The molecule has 0 fully saturated rings. The Labute approximate surface area is 175 Å². The zero-order valence-corrected chi connectivity index (χ0v) is 16.4. The van der Waals surface area contributed by atoms with Crippen molar-refractivity contribution in [3.8, 4) is 5.75 Å². The third-order valence-electron chi connectivity index (χ3n) is 5.25. The van der Waals surface area contributed by atoms with Gasteiger partial charge in [-0.3, -0.25) is 4.79 Å². The second-order valence-corrected chi connectivity index (χ2v) is 8.99. The average Bonchev–Trinajstić information content (AvgIpc) is 2.94. The van der Waals surface area contributed by atoms with Crippen molar-refractivity contribution in [2.45, 2.75) is 9.39 Å². The fourth-order valence-corrected chi connectivity index (χ4v) is 4.61. The number of hydrogen-bond acceptors (Lipinski definition) is 4. The average molecular weight is 434 g/mol. The normalized spacial score (nSPS) is 25.2. The van der Waals surface area contributed by atoms with Crippen molar-refractivity contribution in [3.63, 3.8) is 0 Å². The summed E-state index contributed by atoms with van der Waals surface area (Å²) in [7, 11) is 0. The van der Waals surface area contributed by atoms with Gasteiger partial charge in [0.2, 0.25) is 3.79 Å². The zero-order chi connectivity index (χ0) is 19.7. The molecule has 28 heavy (non-hydrogen) atoms. The maximum Gasteiger partial charge on any atom is 0.339 e. The van der Waals surface area contributed by atoms with Crippen LogP contribution in [0.3, 0.4) is 0 Å². The first-order chi connectivity index (χ1) is 13.3. The van der Waals surface area contributed by atoms with Crippen LogP contribution in [0.1, 0.15) is 21.5 Å². The standard InChI is InChI=1S/C21H11Cl3O4/c22-21(23,24)14-9-10-16-17(18(14)25)20(13-7-3-4-8-15(13)27-16)12-6-2-1-5-11(12)19(26)28-20/h1-10,17H. The molecule has 2 heterocycles. The van der Waals surface area contributed by atoms with Crippen molar-refractivity contribution in [2.75, 3.05) is 0 Å². The number of carbonyl (C=O) groups is 2. The molecule has 0 N–H and O–H groups in total. The summed E-state index contributed by atoms with van der Waals surface area (Å²) in [5, 5.41) is 0. The first-order valence-electron chi connectivity index (χ1n) is 8.47. The highest BCUT2D eigenvalue weighted by atomic mass is 35.6. The molecule has 2 atom stereocenters. The number of allylic oxidation sites excluding steroid dienone is 3. The molecule has 3 aliphatic rings. The van der Waals surface area contributed by atoms with Gasteiger partial charge in [-0.1, -0.05) is 71.2 Å². The number of esters is 1. The van der Waals surface area contributed by atoms with E-state index in [2.05, 4.69) is 0 Å². The van der Waals surface area contributed by atoms with Crippen LogP contribution in [0.2, 0.25) is 0 Å². The Morgan fingerprint density at radius 3 is 2.32 bits per heavy atom. The van der Waals surface area contributed by atoms with Crippen molar-refractivity contribution in [2.24, 2.45) is 5.92 Å². The molecule has 0 radical (unpaired) electrons. The fraction of sp³-hybridized carbons (Fsp3) is 0.143. The van der Waals surface area contributed by atoms with Crippen LogP contribution in [0.15, 0.2) is 72.0 Å². The van der Waals surface area contributed by atoms with E-state index in [0.29, 0.717) is 28.2 Å². The van der Waals surface area contributed by atoms with E-state index in [-0.39, 0.29) is 5.57 Å². The maximum atomic E-state index is 13.5. The van der Waals surface area contributed by atoms with Crippen LogP contribution in [0.25, 0.3) is 0 Å².